The van der Waals surface area contributed by atoms with Gasteiger partial charge < -0.3 is 9.80 Å². The fourth-order valence-corrected chi connectivity index (χ4v) is 4.54. The van der Waals surface area contributed by atoms with Crippen molar-refractivity contribution in [3.63, 3.8) is 0 Å². The number of carbonyl (C=O) groups is 1. The zero-order valence-corrected chi connectivity index (χ0v) is 16.2. The molecule has 0 aliphatic carbocycles. The van der Waals surface area contributed by atoms with Crippen LogP contribution in [0.4, 0.5) is 5.13 Å². The van der Waals surface area contributed by atoms with Gasteiger partial charge in [0.25, 0.3) is 0 Å². The predicted molar refractivity (Wildman–Crippen MR) is 108 cm³/mol. The maximum absolute atomic E-state index is 12.6. The summed E-state index contributed by atoms with van der Waals surface area (Å²) in [6.45, 7) is 5.17. The van der Waals surface area contributed by atoms with Gasteiger partial charge in [-0.3, -0.25) is 4.79 Å². The number of aromatic nitrogens is 1. The molecule has 0 atom stereocenters. The van der Waals surface area contributed by atoms with Crippen molar-refractivity contribution in [2.45, 2.75) is 13.3 Å². The maximum atomic E-state index is 12.6. The molecule has 1 fully saturated rings. The van der Waals surface area contributed by atoms with Gasteiger partial charge >= 0.3 is 0 Å². The summed E-state index contributed by atoms with van der Waals surface area (Å²) < 4.78 is 1.22. The molecule has 6 heteroatoms. The Morgan fingerprint density at radius 2 is 1.92 bits per heavy atom. The molecule has 0 radical (unpaired) electrons. The molecule has 1 aromatic heterocycles. The highest BCUT2D eigenvalue weighted by atomic mass is 35.5. The third kappa shape index (κ3) is 3.55. The van der Waals surface area contributed by atoms with Gasteiger partial charge in [-0.25, -0.2) is 4.98 Å². The SMILES string of the molecule is Cc1ccc2nc(N3CCN(C(=O)Cc4ccccc4Cl)CC3)sc2c1. The Bertz CT molecular complexity index is 947. The third-order valence-corrected chi connectivity index (χ3v) is 6.18. The van der Waals surface area contributed by atoms with Gasteiger partial charge in [0.15, 0.2) is 5.13 Å². The van der Waals surface area contributed by atoms with E-state index in [2.05, 4.69) is 30.0 Å². The first-order valence-corrected chi connectivity index (χ1v) is 9.93. The first-order valence-electron chi connectivity index (χ1n) is 8.73. The molecular weight excluding hydrogens is 366 g/mol. The number of nitrogens with zero attached hydrogens (tertiary/aromatic N) is 3. The lowest BCUT2D eigenvalue weighted by molar-refractivity contribution is -0.130. The Balaban J connectivity index is 1.40. The van der Waals surface area contributed by atoms with Crippen LogP contribution in [0.15, 0.2) is 42.5 Å². The van der Waals surface area contributed by atoms with Crippen LogP contribution in [-0.2, 0) is 11.2 Å². The summed E-state index contributed by atoms with van der Waals surface area (Å²) >= 11 is 7.90. The highest BCUT2D eigenvalue weighted by molar-refractivity contribution is 7.22. The van der Waals surface area contributed by atoms with Gasteiger partial charge in [0.2, 0.25) is 5.91 Å². The summed E-state index contributed by atoms with van der Waals surface area (Å²) in [5.41, 5.74) is 3.19. The molecule has 1 aliphatic heterocycles. The van der Waals surface area contributed by atoms with Crippen LogP contribution in [0, 0.1) is 6.92 Å². The minimum Gasteiger partial charge on any atom is -0.345 e. The van der Waals surface area contributed by atoms with Gasteiger partial charge in [0.05, 0.1) is 16.6 Å². The van der Waals surface area contributed by atoms with Crippen LogP contribution in [0.25, 0.3) is 10.2 Å². The van der Waals surface area contributed by atoms with Crippen LogP contribution >= 0.6 is 22.9 Å². The molecule has 3 aromatic rings. The average Bonchev–Trinajstić information content (AvgIpc) is 3.07. The van der Waals surface area contributed by atoms with Crippen molar-refractivity contribution < 1.29 is 4.79 Å². The number of thiazole rings is 1. The molecule has 2 aromatic carbocycles. The summed E-state index contributed by atoms with van der Waals surface area (Å²) in [4.78, 5) is 21.5. The fourth-order valence-electron chi connectivity index (χ4n) is 3.22. The molecule has 0 saturated carbocycles. The van der Waals surface area contributed by atoms with Crippen molar-refractivity contribution in [3.8, 4) is 0 Å². The summed E-state index contributed by atoms with van der Waals surface area (Å²) in [5.74, 6) is 0.137. The Labute approximate surface area is 162 Å². The number of halogens is 1. The van der Waals surface area contributed by atoms with Gasteiger partial charge in [-0.2, -0.15) is 0 Å². The lowest BCUT2D eigenvalue weighted by Crippen LogP contribution is -2.49. The third-order valence-electron chi connectivity index (χ3n) is 4.74. The first-order chi connectivity index (χ1) is 12.6. The normalized spacial score (nSPS) is 14.8. The highest BCUT2D eigenvalue weighted by Gasteiger charge is 2.23. The van der Waals surface area contributed by atoms with Crippen molar-refractivity contribution in [1.29, 1.82) is 0 Å². The topological polar surface area (TPSA) is 36.4 Å². The molecule has 2 heterocycles. The minimum atomic E-state index is 0.137. The maximum Gasteiger partial charge on any atom is 0.227 e. The van der Waals surface area contributed by atoms with Crippen LogP contribution in [0.1, 0.15) is 11.1 Å². The molecule has 26 heavy (non-hydrogen) atoms. The van der Waals surface area contributed by atoms with Crippen LogP contribution in [0.5, 0.6) is 0 Å². The van der Waals surface area contributed by atoms with Gasteiger partial charge in [-0.1, -0.05) is 47.2 Å². The number of hydrogen-bond acceptors (Lipinski definition) is 4. The van der Waals surface area contributed by atoms with E-state index in [9.17, 15) is 4.79 Å². The molecule has 4 nitrogen and oxygen atoms in total. The minimum absolute atomic E-state index is 0.137. The molecule has 0 unspecified atom stereocenters. The van der Waals surface area contributed by atoms with Crippen molar-refractivity contribution in [2.24, 2.45) is 0 Å². The molecule has 4 rings (SSSR count). The summed E-state index contributed by atoms with van der Waals surface area (Å²) in [6, 6.07) is 13.9. The van der Waals surface area contributed by atoms with Crippen molar-refractivity contribution >= 4 is 44.2 Å². The average molecular weight is 386 g/mol. The van der Waals surface area contributed by atoms with Gasteiger partial charge in [-0.15, -0.1) is 0 Å². The van der Waals surface area contributed by atoms with Gasteiger partial charge in [0, 0.05) is 31.2 Å². The summed E-state index contributed by atoms with van der Waals surface area (Å²) in [5, 5.41) is 1.70. The number of carbonyl (C=O) groups excluding carboxylic acids is 1. The number of aryl methyl sites for hydroxylation is 1. The molecule has 1 saturated heterocycles. The molecule has 0 bridgehead atoms. The van der Waals surface area contributed by atoms with Crippen LogP contribution < -0.4 is 4.90 Å². The predicted octanol–water partition coefficient (Wildman–Crippen LogP) is 4.15. The number of piperazine rings is 1. The smallest absolute Gasteiger partial charge is 0.227 e. The second-order valence-electron chi connectivity index (χ2n) is 6.60. The van der Waals surface area contributed by atoms with E-state index in [4.69, 9.17) is 16.6 Å². The highest BCUT2D eigenvalue weighted by Crippen LogP contribution is 2.30. The fraction of sp³-hybridized carbons (Fsp3) is 0.300. The quantitative estimate of drug-likeness (QED) is 0.679. The zero-order chi connectivity index (χ0) is 18.1. The second-order valence-corrected chi connectivity index (χ2v) is 8.02. The number of anilines is 1. The molecule has 1 aliphatic rings. The molecule has 0 spiro atoms. The number of hydrogen-bond donors (Lipinski definition) is 0. The van der Waals surface area contributed by atoms with E-state index in [-0.39, 0.29) is 5.91 Å². The van der Waals surface area contributed by atoms with Crippen LogP contribution in [0.3, 0.4) is 0 Å². The number of fused-ring (bicyclic) bond motifs is 1. The van der Waals surface area contributed by atoms with E-state index in [0.29, 0.717) is 11.4 Å². The van der Waals surface area contributed by atoms with Crippen molar-refractivity contribution in [1.82, 2.24) is 9.88 Å². The summed E-state index contributed by atoms with van der Waals surface area (Å²) in [7, 11) is 0. The molecule has 134 valence electrons. The standard InChI is InChI=1S/C20H20ClN3OS/c1-14-6-7-17-18(12-14)26-20(22-17)24-10-8-23(9-11-24)19(25)13-15-4-2-3-5-16(15)21/h2-7,12H,8-11,13H2,1H3. The van der Waals surface area contributed by atoms with E-state index in [1.807, 2.05) is 29.2 Å². The zero-order valence-electron chi connectivity index (χ0n) is 14.6. The Hall–Kier alpha value is -2.11. The first kappa shape index (κ1) is 17.3. The number of benzene rings is 2. The van der Waals surface area contributed by atoms with Crippen LogP contribution in [-0.4, -0.2) is 42.0 Å². The van der Waals surface area contributed by atoms with E-state index in [1.165, 1.54) is 10.3 Å². The lowest BCUT2D eigenvalue weighted by Gasteiger charge is -2.34. The van der Waals surface area contributed by atoms with Crippen molar-refractivity contribution in [2.75, 3.05) is 31.1 Å². The molecular formula is C20H20ClN3OS. The number of rotatable bonds is 3. The van der Waals surface area contributed by atoms with E-state index < -0.39 is 0 Å². The molecule has 0 N–H and O–H groups in total. The number of amides is 1. The van der Waals surface area contributed by atoms with Crippen LogP contribution in [0.2, 0.25) is 5.02 Å². The van der Waals surface area contributed by atoms with E-state index in [0.717, 1.165) is 42.4 Å². The monoisotopic (exact) mass is 385 g/mol. The van der Waals surface area contributed by atoms with E-state index in [1.54, 1.807) is 11.3 Å². The Morgan fingerprint density at radius 3 is 2.69 bits per heavy atom. The lowest BCUT2D eigenvalue weighted by atomic mass is 10.1. The molecule has 1 amide bonds. The largest absolute Gasteiger partial charge is 0.345 e. The Morgan fingerprint density at radius 1 is 1.15 bits per heavy atom. The van der Waals surface area contributed by atoms with E-state index >= 15 is 0 Å². The van der Waals surface area contributed by atoms with Gasteiger partial charge in [-0.05, 0) is 36.2 Å². The summed E-state index contributed by atoms with van der Waals surface area (Å²) in [6.07, 6.45) is 0.361. The Kier molecular flexibility index (Phi) is 4.83. The van der Waals surface area contributed by atoms with Crippen molar-refractivity contribution in [3.05, 3.63) is 58.6 Å². The van der Waals surface area contributed by atoms with Gasteiger partial charge in [0.1, 0.15) is 0 Å². The second kappa shape index (κ2) is 7.25.